The smallest absolute Gasteiger partial charge is 0.219 e. The third-order valence-electron chi connectivity index (χ3n) is 2.87. The molecule has 1 aromatic heterocycles. The summed E-state index contributed by atoms with van der Waals surface area (Å²) in [5, 5.41) is 0. The van der Waals surface area contributed by atoms with Crippen LogP contribution in [0.4, 0.5) is 0 Å². The van der Waals surface area contributed by atoms with Crippen molar-refractivity contribution in [2.45, 2.75) is 19.8 Å². The fourth-order valence-corrected chi connectivity index (χ4v) is 2.00. The Kier molecular flexibility index (Phi) is 2.58. The number of nitrogens with one attached hydrogen (secondary N) is 1. The zero-order chi connectivity index (χ0) is 10.8. The Labute approximate surface area is 88.3 Å². The lowest BCUT2D eigenvalue weighted by Gasteiger charge is -2.17. The molecule has 0 fully saturated rings. The molecule has 0 unspecified atom stereocenters. The highest BCUT2D eigenvalue weighted by atomic mass is 16.2. The van der Waals surface area contributed by atoms with Crippen molar-refractivity contribution in [2.75, 3.05) is 13.1 Å². The summed E-state index contributed by atoms with van der Waals surface area (Å²) in [7, 11) is 0. The Hall–Kier alpha value is -1.58. The summed E-state index contributed by atoms with van der Waals surface area (Å²) in [6, 6.07) is 1.88. The van der Waals surface area contributed by atoms with E-state index in [9.17, 15) is 9.59 Å². The minimum absolute atomic E-state index is 0.121. The molecule has 0 atom stereocenters. The van der Waals surface area contributed by atoms with E-state index in [0.717, 1.165) is 37.9 Å². The van der Waals surface area contributed by atoms with Gasteiger partial charge in [-0.25, -0.2) is 0 Å². The summed E-state index contributed by atoms with van der Waals surface area (Å²) in [6.07, 6.45) is 2.47. The fraction of sp³-hybridized carbons (Fsp3) is 0.455. The molecule has 0 saturated heterocycles. The van der Waals surface area contributed by atoms with Gasteiger partial charge in [-0.3, -0.25) is 9.59 Å². The number of fused-ring (bicyclic) bond motifs is 1. The van der Waals surface area contributed by atoms with Crippen LogP contribution in [0.2, 0.25) is 0 Å². The number of hydrogen-bond acceptors (Lipinski definition) is 2. The first-order valence-electron chi connectivity index (χ1n) is 5.12. The van der Waals surface area contributed by atoms with Gasteiger partial charge in [0.1, 0.15) is 0 Å². The summed E-state index contributed by atoms with van der Waals surface area (Å²) in [5.74, 6) is 0.121. The normalized spacial score (nSPS) is 15.7. The molecule has 0 spiro atoms. The molecule has 0 aromatic carbocycles. The molecule has 2 heterocycles. The second-order valence-electron chi connectivity index (χ2n) is 3.85. The maximum Gasteiger partial charge on any atom is 0.219 e. The van der Waals surface area contributed by atoms with Crippen molar-refractivity contribution >= 4 is 12.2 Å². The van der Waals surface area contributed by atoms with E-state index in [1.165, 1.54) is 5.56 Å². The number of H-pyrrole nitrogens is 1. The van der Waals surface area contributed by atoms with Crippen LogP contribution in [-0.4, -0.2) is 35.2 Å². The highest BCUT2D eigenvalue weighted by molar-refractivity contribution is 5.74. The number of carbonyl (C=O) groups excluding carboxylic acids is 2. The lowest BCUT2D eigenvalue weighted by atomic mass is 10.1. The van der Waals surface area contributed by atoms with Crippen LogP contribution >= 0.6 is 0 Å². The zero-order valence-electron chi connectivity index (χ0n) is 8.75. The summed E-state index contributed by atoms with van der Waals surface area (Å²) in [6.45, 7) is 3.08. The van der Waals surface area contributed by atoms with Crippen LogP contribution in [0.5, 0.6) is 0 Å². The fourth-order valence-electron chi connectivity index (χ4n) is 2.00. The van der Waals surface area contributed by atoms with Gasteiger partial charge in [-0.1, -0.05) is 0 Å². The first-order chi connectivity index (χ1) is 7.20. The topological polar surface area (TPSA) is 53.2 Å². The van der Waals surface area contributed by atoms with Crippen LogP contribution in [-0.2, 0) is 17.6 Å². The Morgan fingerprint density at radius 2 is 2.20 bits per heavy atom. The predicted molar refractivity (Wildman–Crippen MR) is 55.8 cm³/mol. The van der Waals surface area contributed by atoms with Crippen molar-refractivity contribution in [1.29, 1.82) is 0 Å². The monoisotopic (exact) mass is 206 g/mol. The molecule has 0 bridgehead atoms. The summed E-state index contributed by atoms with van der Waals surface area (Å²) >= 11 is 0. The molecule has 0 radical (unpaired) electrons. The molecule has 80 valence electrons. The highest BCUT2D eigenvalue weighted by Crippen LogP contribution is 2.16. The second-order valence-corrected chi connectivity index (χ2v) is 3.85. The van der Waals surface area contributed by atoms with Crippen LogP contribution in [0.1, 0.15) is 28.7 Å². The van der Waals surface area contributed by atoms with Gasteiger partial charge in [0.2, 0.25) is 5.91 Å². The first kappa shape index (κ1) is 9.96. The minimum Gasteiger partial charge on any atom is -0.356 e. The predicted octanol–water partition coefficient (Wildman–Crippen LogP) is 0.774. The van der Waals surface area contributed by atoms with E-state index < -0.39 is 0 Å². The third-order valence-corrected chi connectivity index (χ3v) is 2.87. The Morgan fingerprint density at radius 3 is 2.87 bits per heavy atom. The maximum atomic E-state index is 11.2. The number of aldehydes is 1. The molecule has 0 saturated carbocycles. The number of aromatic nitrogens is 1. The van der Waals surface area contributed by atoms with Gasteiger partial charge in [0, 0.05) is 32.1 Å². The molecule has 1 aliphatic rings. The molecule has 1 amide bonds. The van der Waals surface area contributed by atoms with Gasteiger partial charge < -0.3 is 9.88 Å². The second kappa shape index (κ2) is 3.88. The standard InChI is InChI=1S/C11H14N2O2/c1-8(15)13-4-2-9-6-10(7-14)12-11(9)3-5-13/h6-7,12H,2-5H2,1H3. The maximum absolute atomic E-state index is 11.2. The number of hydrogen-bond donors (Lipinski definition) is 1. The van der Waals surface area contributed by atoms with Crippen molar-refractivity contribution in [1.82, 2.24) is 9.88 Å². The molecular weight excluding hydrogens is 192 g/mol. The van der Waals surface area contributed by atoms with Crippen LogP contribution in [0.25, 0.3) is 0 Å². The van der Waals surface area contributed by atoms with Gasteiger partial charge in [-0.05, 0) is 18.1 Å². The van der Waals surface area contributed by atoms with Crippen LogP contribution in [0, 0.1) is 0 Å². The van der Waals surface area contributed by atoms with Gasteiger partial charge in [0.15, 0.2) is 6.29 Å². The molecule has 4 heteroatoms. The van der Waals surface area contributed by atoms with Gasteiger partial charge in [0.25, 0.3) is 0 Å². The van der Waals surface area contributed by atoms with E-state index in [1.54, 1.807) is 6.92 Å². The number of rotatable bonds is 1. The average Bonchev–Trinajstić information content (AvgIpc) is 2.51. The van der Waals surface area contributed by atoms with E-state index in [-0.39, 0.29) is 5.91 Å². The molecule has 0 aliphatic carbocycles. The number of nitrogens with zero attached hydrogens (tertiary/aromatic N) is 1. The number of amides is 1. The van der Waals surface area contributed by atoms with Crippen LogP contribution < -0.4 is 0 Å². The molecular formula is C11H14N2O2. The highest BCUT2D eigenvalue weighted by Gasteiger charge is 2.17. The number of carbonyl (C=O) groups is 2. The largest absolute Gasteiger partial charge is 0.356 e. The first-order valence-corrected chi connectivity index (χ1v) is 5.12. The van der Waals surface area contributed by atoms with E-state index in [0.29, 0.717) is 5.69 Å². The van der Waals surface area contributed by atoms with E-state index >= 15 is 0 Å². The Bertz CT molecular complexity index is 370. The van der Waals surface area contributed by atoms with E-state index in [4.69, 9.17) is 0 Å². The van der Waals surface area contributed by atoms with E-state index in [2.05, 4.69) is 4.98 Å². The SMILES string of the molecule is CC(=O)N1CCc2cc(C=O)[nH]c2CC1. The third kappa shape index (κ3) is 1.93. The van der Waals surface area contributed by atoms with Crippen molar-refractivity contribution in [3.63, 3.8) is 0 Å². The summed E-state index contributed by atoms with van der Waals surface area (Å²) in [4.78, 5) is 26.7. The van der Waals surface area contributed by atoms with Gasteiger partial charge in [-0.2, -0.15) is 0 Å². The van der Waals surface area contributed by atoms with Crippen molar-refractivity contribution in [3.05, 3.63) is 23.0 Å². The van der Waals surface area contributed by atoms with Crippen molar-refractivity contribution < 1.29 is 9.59 Å². The van der Waals surface area contributed by atoms with Crippen molar-refractivity contribution in [2.24, 2.45) is 0 Å². The molecule has 4 nitrogen and oxygen atoms in total. The molecule has 1 aromatic rings. The minimum atomic E-state index is 0.121. The van der Waals surface area contributed by atoms with Gasteiger partial charge in [0.05, 0.1) is 5.69 Å². The Balaban J connectivity index is 2.17. The summed E-state index contributed by atoms with van der Waals surface area (Å²) < 4.78 is 0. The lowest BCUT2D eigenvalue weighted by Crippen LogP contribution is -2.31. The van der Waals surface area contributed by atoms with Crippen molar-refractivity contribution in [3.8, 4) is 0 Å². The molecule has 1 aliphatic heterocycles. The number of aromatic amines is 1. The van der Waals surface area contributed by atoms with Gasteiger partial charge >= 0.3 is 0 Å². The molecule has 1 N–H and O–H groups in total. The lowest BCUT2D eigenvalue weighted by molar-refractivity contribution is -0.128. The molecule has 2 rings (SSSR count). The van der Waals surface area contributed by atoms with Gasteiger partial charge in [-0.15, -0.1) is 0 Å². The Morgan fingerprint density at radius 1 is 1.47 bits per heavy atom. The zero-order valence-corrected chi connectivity index (χ0v) is 8.75. The average molecular weight is 206 g/mol. The summed E-state index contributed by atoms with van der Waals surface area (Å²) in [5.41, 5.74) is 2.90. The van der Waals surface area contributed by atoms with Crippen LogP contribution in [0.3, 0.4) is 0 Å². The quantitative estimate of drug-likeness (QED) is 0.690. The molecule has 15 heavy (non-hydrogen) atoms. The van der Waals surface area contributed by atoms with E-state index in [1.807, 2.05) is 11.0 Å². The van der Waals surface area contributed by atoms with Crippen LogP contribution in [0.15, 0.2) is 6.07 Å².